The van der Waals surface area contributed by atoms with Crippen LogP contribution in [0, 0.1) is 0 Å². The molecule has 0 aliphatic carbocycles. The Hall–Kier alpha value is -1.06. The zero-order valence-electron chi connectivity index (χ0n) is 6.92. The number of carbonyl (C=O) groups is 2. The average molecular weight is 160 g/mol. The van der Waals surface area contributed by atoms with Gasteiger partial charge in [-0.15, -0.1) is 0 Å². The van der Waals surface area contributed by atoms with Gasteiger partial charge in [-0.2, -0.15) is 0 Å². The minimum atomic E-state index is -0.709. The lowest BCUT2D eigenvalue weighted by molar-refractivity contribution is -0.199. The molecule has 0 N–H and O–H groups in total. The first kappa shape index (κ1) is 9.94. The van der Waals surface area contributed by atoms with Crippen LogP contribution in [0.5, 0.6) is 0 Å². The van der Waals surface area contributed by atoms with Crippen LogP contribution in [0.3, 0.4) is 0 Å². The van der Waals surface area contributed by atoms with E-state index in [1.165, 1.54) is 6.92 Å². The van der Waals surface area contributed by atoms with Crippen LogP contribution in [0.25, 0.3) is 0 Å². The van der Waals surface area contributed by atoms with Crippen LogP contribution in [0.4, 0.5) is 0 Å². The zero-order valence-corrected chi connectivity index (χ0v) is 6.92. The van der Waals surface area contributed by atoms with Crippen molar-refractivity contribution in [1.29, 1.82) is 0 Å². The van der Waals surface area contributed by atoms with Gasteiger partial charge in [0.15, 0.2) is 0 Å². The van der Waals surface area contributed by atoms with Crippen LogP contribution in [0.15, 0.2) is 0 Å². The van der Waals surface area contributed by atoms with E-state index in [9.17, 15) is 9.59 Å². The van der Waals surface area contributed by atoms with Gasteiger partial charge in [0.05, 0.1) is 0 Å². The molecule has 1 fully saturated rings. The number of esters is 2. The molecule has 11 heavy (non-hydrogen) atoms. The van der Waals surface area contributed by atoms with Crippen LogP contribution in [0.2, 0.25) is 0 Å². The van der Waals surface area contributed by atoms with Crippen molar-refractivity contribution in [3.05, 3.63) is 0 Å². The Labute approximate surface area is 65.5 Å². The maximum atomic E-state index is 10.4. The van der Waals surface area contributed by atoms with E-state index in [4.69, 9.17) is 0 Å². The van der Waals surface area contributed by atoms with Crippen molar-refractivity contribution in [2.75, 3.05) is 0 Å². The smallest absolute Gasteiger partial charge is 0.320 e. The average Bonchev–Trinajstić information content (AvgIpc) is 1.88. The first-order valence-corrected chi connectivity index (χ1v) is 3.57. The fourth-order valence-corrected chi connectivity index (χ4v) is 0.595. The van der Waals surface area contributed by atoms with E-state index in [2.05, 4.69) is 9.47 Å². The van der Waals surface area contributed by atoms with Crippen molar-refractivity contribution in [2.24, 2.45) is 0 Å². The third-order valence-corrected chi connectivity index (χ3v) is 0.883. The summed E-state index contributed by atoms with van der Waals surface area (Å²) < 4.78 is 8.95. The van der Waals surface area contributed by atoms with E-state index >= 15 is 0 Å². The summed E-state index contributed by atoms with van der Waals surface area (Å²) in [7, 11) is 0. The van der Waals surface area contributed by atoms with Crippen molar-refractivity contribution >= 4 is 11.9 Å². The Morgan fingerprint density at radius 2 is 1.55 bits per heavy atom. The Morgan fingerprint density at radius 1 is 1.18 bits per heavy atom. The molecule has 1 saturated heterocycles. The van der Waals surface area contributed by atoms with Gasteiger partial charge in [-0.3, -0.25) is 9.59 Å². The maximum absolute atomic E-state index is 10.4. The van der Waals surface area contributed by atoms with Gasteiger partial charge in [0.25, 0.3) is 0 Å². The highest BCUT2D eigenvalue weighted by Crippen LogP contribution is 2.05. The molecule has 0 atom stereocenters. The molecule has 1 heterocycles. The molecule has 64 valence electrons. The lowest BCUT2D eigenvalue weighted by Crippen LogP contribution is -2.29. The summed E-state index contributed by atoms with van der Waals surface area (Å²) in [4.78, 5) is 20.7. The van der Waals surface area contributed by atoms with E-state index < -0.39 is 18.2 Å². The summed E-state index contributed by atoms with van der Waals surface area (Å²) in [5.74, 6) is -1.03. The summed E-state index contributed by atoms with van der Waals surface area (Å²) >= 11 is 0. The predicted octanol–water partition coefficient (Wildman–Crippen LogP) is 0.849. The van der Waals surface area contributed by atoms with Crippen LogP contribution in [0.1, 0.15) is 27.2 Å². The van der Waals surface area contributed by atoms with Gasteiger partial charge >= 0.3 is 11.9 Å². The second-order valence-corrected chi connectivity index (χ2v) is 1.72. The van der Waals surface area contributed by atoms with E-state index in [-0.39, 0.29) is 6.42 Å². The van der Waals surface area contributed by atoms with Gasteiger partial charge < -0.3 is 9.47 Å². The molecule has 0 aromatic heterocycles. The maximum Gasteiger partial charge on any atom is 0.320 e. The molecular formula is C7H12O4. The van der Waals surface area contributed by atoms with Gasteiger partial charge in [-0.1, -0.05) is 13.8 Å². The minimum absolute atomic E-state index is 0.260. The van der Waals surface area contributed by atoms with Crippen molar-refractivity contribution in [1.82, 2.24) is 0 Å². The molecule has 0 spiro atoms. The predicted molar refractivity (Wildman–Crippen MR) is 37.6 cm³/mol. The monoisotopic (exact) mass is 160 g/mol. The Bertz CT molecular complexity index is 137. The molecule has 0 aromatic rings. The second-order valence-electron chi connectivity index (χ2n) is 1.72. The summed E-state index contributed by atoms with van der Waals surface area (Å²) in [6.07, 6.45) is -0.969. The minimum Gasteiger partial charge on any atom is -0.425 e. The first-order chi connectivity index (χ1) is 5.18. The van der Waals surface area contributed by atoms with Crippen LogP contribution >= 0.6 is 0 Å². The fraction of sp³-hybridized carbons (Fsp3) is 0.714. The Kier molecular flexibility index (Phi) is 4.26. The summed E-state index contributed by atoms with van der Waals surface area (Å²) in [6, 6.07) is 0. The van der Waals surface area contributed by atoms with Crippen LogP contribution < -0.4 is 0 Å². The molecule has 4 nitrogen and oxygen atoms in total. The Balaban J connectivity index is 0.000000461. The Morgan fingerprint density at radius 3 is 1.82 bits per heavy atom. The number of hydrogen-bond acceptors (Lipinski definition) is 4. The number of rotatable bonds is 0. The lowest BCUT2D eigenvalue weighted by atomic mass is 10.4. The molecule has 0 bridgehead atoms. The molecule has 0 radical (unpaired) electrons. The van der Waals surface area contributed by atoms with E-state index in [0.717, 1.165) is 0 Å². The standard InChI is InChI=1S/C5H6O4.C2H6/c1-3-8-4(6)2-5(7)9-3;1-2/h3H,2H2,1H3;1-2H3. The number of carbonyl (C=O) groups excluding carboxylic acids is 2. The first-order valence-electron chi connectivity index (χ1n) is 3.57. The lowest BCUT2D eigenvalue weighted by Gasteiger charge is -2.17. The topological polar surface area (TPSA) is 52.6 Å². The fourth-order valence-electron chi connectivity index (χ4n) is 0.595. The SMILES string of the molecule is CC.CC1OC(=O)CC(=O)O1. The van der Waals surface area contributed by atoms with Gasteiger partial charge in [0.1, 0.15) is 6.42 Å². The van der Waals surface area contributed by atoms with E-state index in [1.54, 1.807) is 0 Å². The number of cyclic esters (lactones) is 2. The van der Waals surface area contributed by atoms with Crippen molar-refractivity contribution in [3.8, 4) is 0 Å². The molecule has 1 aliphatic rings. The molecule has 0 saturated carbocycles. The van der Waals surface area contributed by atoms with Gasteiger partial charge in [0.2, 0.25) is 6.29 Å². The molecule has 1 rings (SSSR count). The number of ether oxygens (including phenoxy) is 2. The van der Waals surface area contributed by atoms with Crippen molar-refractivity contribution in [2.45, 2.75) is 33.5 Å². The third-order valence-electron chi connectivity index (χ3n) is 0.883. The van der Waals surface area contributed by atoms with E-state index in [1.807, 2.05) is 13.8 Å². The summed E-state index contributed by atoms with van der Waals surface area (Å²) in [6.45, 7) is 5.50. The molecule has 0 aromatic carbocycles. The summed E-state index contributed by atoms with van der Waals surface area (Å²) in [5.41, 5.74) is 0. The number of hydrogen-bond donors (Lipinski definition) is 0. The van der Waals surface area contributed by atoms with Crippen molar-refractivity contribution in [3.63, 3.8) is 0 Å². The normalized spacial score (nSPS) is 17.7. The molecular weight excluding hydrogens is 148 g/mol. The highest BCUT2D eigenvalue weighted by atomic mass is 16.7. The van der Waals surface area contributed by atoms with Gasteiger partial charge in [0, 0.05) is 6.92 Å². The van der Waals surface area contributed by atoms with E-state index in [0.29, 0.717) is 0 Å². The van der Waals surface area contributed by atoms with Crippen LogP contribution in [-0.2, 0) is 19.1 Å². The van der Waals surface area contributed by atoms with Gasteiger partial charge in [-0.05, 0) is 0 Å². The quantitative estimate of drug-likeness (QED) is 0.389. The largest absolute Gasteiger partial charge is 0.425 e. The zero-order chi connectivity index (χ0) is 8.85. The highest BCUT2D eigenvalue weighted by molar-refractivity contribution is 5.92. The molecule has 0 unspecified atom stereocenters. The summed E-state index contributed by atoms with van der Waals surface area (Å²) in [5, 5.41) is 0. The van der Waals surface area contributed by atoms with Gasteiger partial charge in [-0.25, -0.2) is 0 Å². The third kappa shape index (κ3) is 3.60. The molecule has 1 aliphatic heterocycles. The van der Waals surface area contributed by atoms with Crippen LogP contribution in [-0.4, -0.2) is 18.2 Å². The second kappa shape index (κ2) is 4.71. The molecule has 0 amide bonds. The molecule has 4 heteroatoms. The highest BCUT2D eigenvalue weighted by Gasteiger charge is 2.23. The van der Waals surface area contributed by atoms with Crippen molar-refractivity contribution < 1.29 is 19.1 Å².